The lowest BCUT2D eigenvalue weighted by molar-refractivity contribution is 0.755. The SMILES string of the molecule is CCc1nn(C)c(N)c1-c1ccccc1Br. The van der Waals surface area contributed by atoms with Crippen molar-refractivity contribution in [1.82, 2.24) is 9.78 Å². The molecule has 1 heterocycles. The summed E-state index contributed by atoms with van der Waals surface area (Å²) in [5.41, 5.74) is 9.23. The van der Waals surface area contributed by atoms with E-state index >= 15 is 0 Å². The second kappa shape index (κ2) is 4.29. The largest absolute Gasteiger partial charge is 0.383 e. The Morgan fingerprint density at radius 2 is 2.06 bits per heavy atom. The fourth-order valence-electron chi connectivity index (χ4n) is 1.80. The van der Waals surface area contributed by atoms with Gasteiger partial charge in [0, 0.05) is 22.6 Å². The summed E-state index contributed by atoms with van der Waals surface area (Å²) in [5.74, 6) is 0.712. The van der Waals surface area contributed by atoms with Crippen LogP contribution in [0.5, 0.6) is 0 Å². The van der Waals surface area contributed by atoms with Crippen molar-refractivity contribution in [3.8, 4) is 11.1 Å². The maximum absolute atomic E-state index is 6.06. The van der Waals surface area contributed by atoms with Crippen molar-refractivity contribution in [2.24, 2.45) is 7.05 Å². The van der Waals surface area contributed by atoms with Crippen LogP contribution in [0, 0.1) is 0 Å². The van der Waals surface area contributed by atoms with E-state index in [0.717, 1.165) is 27.7 Å². The van der Waals surface area contributed by atoms with E-state index in [1.54, 1.807) is 4.68 Å². The van der Waals surface area contributed by atoms with Crippen molar-refractivity contribution < 1.29 is 0 Å². The Labute approximate surface area is 103 Å². The number of nitrogen functional groups attached to an aromatic ring is 1. The summed E-state index contributed by atoms with van der Waals surface area (Å²) in [4.78, 5) is 0. The van der Waals surface area contributed by atoms with E-state index in [0.29, 0.717) is 5.82 Å². The molecule has 0 unspecified atom stereocenters. The number of anilines is 1. The van der Waals surface area contributed by atoms with Crippen LogP contribution in [0.2, 0.25) is 0 Å². The molecule has 1 aromatic carbocycles. The van der Waals surface area contributed by atoms with Crippen LogP contribution in [-0.2, 0) is 13.5 Å². The number of aryl methyl sites for hydroxylation is 2. The molecule has 0 aliphatic carbocycles. The zero-order chi connectivity index (χ0) is 11.7. The minimum atomic E-state index is 0.712. The summed E-state index contributed by atoms with van der Waals surface area (Å²) in [6, 6.07) is 8.07. The summed E-state index contributed by atoms with van der Waals surface area (Å²) >= 11 is 3.55. The van der Waals surface area contributed by atoms with Crippen molar-refractivity contribution in [3.05, 3.63) is 34.4 Å². The Morgan fingerprint density at radius 1 is 1.38 bits per heavy atom. The molecule has 16 heavy (non-hydrogen) atoms. The Balaban J connectivity index is 2.68. The molecule has 0 fully saturated rings. The minimum absolute atomic E-state index is 0.712. The molecule has 0 radical (unpaired) electrons. The average Bonchev–Trinajstić information content (AvgIpc) is 2.56. The molecule has 1 aromatic heterocycles. The summed E-state index contributed by atoms with van der Waals surface area (Å²) < 4.78 is 2.78. The number of nitrogens with zero attached hydrogens (tertiary/aromatic N) is 2. The van der Waals surface area contributed by atoms with Gasteiger partial charge in [0.15, 0.2) is 0 Å². The molecular formula is C12H14BrN3. The van der Waals surface area contributed by atoms with E-state index in [1.807, 2.05) is 25.2 Å². The molecule has 0 amide bonds. The highest BCUT2D eigenvalue weighted by molar-refractivity contribution is 9.10. The van der Waals surface area contributed by atoms with Gasteiger partial charge in [0.1, 0.15) is 5.82 Å². The van der Waals surface area contributed by atoms with Crippen LogP contribution in [0.4, 0.5) is 5.82 Å². The minimum Gasteiger partial charge on any atom is -0.383 e. The lowest BCUT2D eigenvalue weighted by atomic mass is 10.0. The van der Waals surface area contributed by atoms with Crippen molar-refractivity contribution >= 4 is 21.7 Å². The van der Waals surface area contributed by atoms with Gasteiger partial charge in [-0.05, 0) is 12.5 Å². The highest BCUT2D eigenvalue weighted by atomic mass is 79.9. The van der Waals surface area contributed by atoms with Gasteiger partial charge in [0.25, 0.3) is 0 Å². The van der Waals surface area contributed by atoms with E-state index in [1.165, 1.54) is 0 Å². The Hall–Kier alpha value is -1.29. The molecule has 2 aromatic rings. The molecule has 0 spiro atoms. The van der Waals surface area contributed by atoms with Gasteiger partial charge < -0.3 is 5.73 Å². The lowest BCUT2D eigenvalue weighted by Gasteiger charge is -2.05. The predicted octanol–water partition coefficient (Wildman–Crippen LogP) is 2.99. The van der Waals surface area contributed by atoms with Crippen LogP contribution in [0.3, 0.4) is 0 Å². The van der Waals surface area contributed by atoms with Crippen LogP contribution in [0.15, 0.2) is 28.7 Å². The third-order valence-corrected chi connectivity index (χ3v) is 3.33. The average molecular weight is 280 g/mol. The summed E-state index contributed by atoms with van der Waals surface area (Å²) in [5, 5.41) is 4.42. The van der Waals surface area contributed by atoms with Gasteiger partial charge in [-0.2, -0.15) is 5.10 Å². The number of halogens is 1. The molecular weight excluding hydrogens is 266 g/mol. The van der Waals surface area contributed by atoms with Gasteiger partial charge in [-0.25, -0.2) is 0 Å². The highest BCUT2D eigenvalue weighted by Gasteiger charge is 2.15. The normalized spacial score (nSPS) is 10.7. The number of benzene rings is 1. The fraction of sp³-hybridized carbons (Fsp3) is 0.250. The number of rotatable bonds is 2. The standard InChI is InChI=1S/C12H14BrN3/c1-3-10-11(12(14)16(2)15-10)8-6-4-5-7-9(8)13/h4-7H,3,14H2,1-2H3. The van der Waals surface area contributed by atoms with E-state index in [2.05, 4.69) is 34.0 Å². The van der Waals surface area contributed by atoms with Crippen molar-refractivity contribution in [2.45, 2.75) is 13.3 Å². The van der Waals surface area contributed by atoms with Crippen molar-refractivity contribution in [3.63, 3.8) is 0 Å². The molecule has 84 valence electrons. The first-order chi connectivity index (χ1) is 7.65. The van der Waals surface area contributed by atoms with Gasteiger partial charge >= 0.3 is 0 Å². The zero-order valence-electron chi connectivity index (χ0n) is 9.37. The van der Waals surface area contributed by atoms with Gasteiger partial charge in [0.2, 0.25) is 0 Å². The van der Waals surface area contributed by atoms with Crippen LogP contribution in [-0.4, -0.2) is 9.78 Å². The lowest BCUT2D eigenvalue weighted by Crippen LogP contribution is -1.98. The van der Waals surface area contributed by atoms with Crippen LogP contribution in [0.25, 0.3) is 11.1 Å². The second-order valence-electron chi connectivity index (χ2n) is 3.66. The maximum atomic E-state index is 6.06. The van der Waals surface area contributed by atoms with Crippen LogP contribution in [0.1, 0.15) is 12.6 Å². The van der Waals surface area contributed by atoms with Gasteiger partial charge in [0.05, 0.1) is 5.69 Å². The molecule has 0 saturated heterocycles. The topological polar surface area (TPSA) is 43.8 Å². The van der Waals surface area contributed by atoms with E-state index < -0.39 is 0 Å². The molecule has 0 atom stereocenters. The maximum Gasteiger partial charge on any atom is 0.129 e. The van der Waals surface area contributed by atoms with Gasteiger partial charge in [-0.1, -0.05) is 41.1 Å². The third-order valence-electron chi connectivity index (χ3n) is 2.64. The molecule has 0 aliphatic heterocycles. The van der Waals surface area contributed by atoms with Gasteiger partial charge in [-0.15, -0.1) is 0 Å². The molecule has 0 saturated carbocycles. The summed E-state index contributed by atoms with van der Waals surface area (Å²) in [6.07, 6.45) is 0.877. The molecule has 0 bridgehead atoms. The first-order valence-corrected chi connectivity index (χ1v) is 6.00. The smallest absolute Gasteiger partial charge is 0.129 e. The van der Waals surface area contributed by atoms with Crippen molar-refractivity contribution in [2.75, 3.05) is 5.73 Å². The number of aromatic nitrogens is 2. The third kappa shape index (κ3) is 1.73. The molecule has 0 aliphatic rings. The Bertz CT molecular complexity index is 517. The molecule has 4 heteroatoms. The highest BCUT2D eigenvalue weighted by Crippen LogP contribution is 2.34. The van der Waals surface area contributed by atoms with E-state index in [9.17, 15) is 0 Å². The quantitative estimate of drug-likeness (QED) is 0.919. The number of nitrogens with two attached hydrogens (primary N) is 1. The second-order valence-corrected chi connectivity index (χ2v) is 4.52. The first-order valence-electron chi connectivity index (χ1n) is 5.21. The van der Waals surface area contributed by atoms with Gasteiger partial charge in [-0.3, -0.25) is 4.68 Å². The predicted molar refractivity (Wildman–Crippen MR) is 70.1 cm³/mol. The summed E-state index contributed by atoms with van der Waals surface area (Å²) in [6.45, 7) is 2.09. The summed E-state index contributed by atoms with van der Waals surface area (Å²) in [7, 11) is 1.87. The number of hydrogen-bond acceptors (Lipinski definition) is 2. The fourth-order valence-corrected chi connectivity index (χ4v) is 2.28. The van der Waals surface area contributed by atoms with Crippen LogP contribution < -0.4 is 5.73 Å². The van der Waals surface area contributed by atoms with Crippen molar-refractivity contribution in [1.29, 1.82) is 0 Å². The Morgan fingerprint density at radius 3 is 2.69 bits per heavy atom. The first kappa shape index (κ1) is 11.2. The Kier molecular flexibility index (Phi) is 3.01. The van der Waals surface area contributed by atoms with E-state index in [-0.39, 0.29) is 0 Å². The monoisotopic (exact) mass is 279 g/mol. The number of hydrogen-bond donors (Lipinski definition) is 1. The molecule has 2 N–H and O–H groups in total. The van der Waals surface area contributed by atoms with Crippen LogP contribution >= 0.6 is 15.9 Å². The van der Waals surface area contributed by atoms with E-state index in [4.69, 9.17) is 5.73 Å². The zero-order valence-corrected chi connectivity index (χ0v) is 11.0. The molecule has 2 rings (SSSR count). The molecule has 3 nitrogen and oxygen atoms in total.